The minimum Gasteiger partial charge on any atom is -0.351 e. The molecule has 0 atom stereocenters. The normalized spacial score (nSPS) is 12.0. The number of sulfonamides is 1. The second-order valence-electron chi connectivity index (χ2n) is 6.97. The van der Waals surface area contributed by atoms with Crippen molar-refractivity contribution < 1.29 is 13.2 Å². The van der Waals surface area contributed by atoms with Crippen LogP contribution in [0.1, 0.15) is 31.9 Å². The molecular weight excluding hydrogens is 372 g/mol. The Morgan fingerprint density at radius 2 is 1.65 bits per heavy atom. The number of carbonyl (C=O) groups is 1. The van der Waals surface area contributed by atoms with Crippen molar-refractivity contribution in [2.24, 2.45) is 0 Å². The number of benzene rings is 2. The molecule has 0 aromatic heterocycles. The average Bonchev–Trinajstić information content (AvgIpc) is 2.59. The van der Waals surface area contributed by atoms with E-state index >= 15 is 0 Å². The maximum Gasteiger partial charge on any atom is 0.241 e. The molecule has 2 aromatic carbocycles. The zero-order valence-corrected chi connectivity index (χ0v) is 16.6. The van der Waals surface area contributed by atoms with Crippen molar-refractivity contribution in [3.05, 3.63) is 64.7 Å². The number of amides is 1. The van der Waals surface area contributed by atoms with Crippen molar-refractivity contribution >= 4 is 27.5 Å². The van der Waals surface area contributed by atoms with Crippen LogP contribution >= 0.6 is 11.6 Å². The van der Waals surface area contributed by atoms with Gasteiger partial charge in [0.2, 0.25) is 15.9 Å². The predicted molar refractivity (Wildman–Crippen MR) is 104 cm³/mol. The molecule has 0 unspecified atom stereocenters. The maximum atomic E-state index is 12.3. The van der Waals surface area contributed by atoms with Crippen LogP contribution in [0.5, 0.6) is 0 Å². The van der Waals surface area contributed by atoms with E-state index in [1.165, 1.54) is 0 Å². The van der Waals surface area contributed by atoms with Gasteiger partial charge in [0, 0.05) is 11.6 Å². The second kappa shape index (κ2) is 8.20. The number of hydrogen-bond donors (Lipinski definition) is 2. The summed E-state index contributed by atoms with van der Waals surface area (Å²) >= 11 is 6.02. The molecule has 26 heavy (non-hydrogen) atoms. The van der Waals surface area contributed by atoms with E-state index < -0.39 is 15.9 Å². The van der Waals surface area contributed by atoms with Crippen LogP contribution < -0.4 is 10.0 Å². The van der Waals surface area contributed by atoms with Gasteiger partial charge in [-0.1, -0.05) is 62.7 Å². The fraction of sp³-hybridized carbons (Fsp3) is 0.316. The molecule has 0 heterocycles. The van der Waals surface area contributed by atoms with Gasteiger partial charge in [-0.25, -0.2) is 13.1 Å². The van der Waals surface area contributed by atoms with Crippen LogP contribution in [0.2, 0.25) is 5.02 Å². The highest BCUT2D eigenvalue weighted by Crippen LogP contribution is 2.23. The molecule has 2 aromatic rings. The van der Waals surface area contributed by atoms with Crippen LogP contribution in [0, 0.1) is 0 Å². The molecule has 0 fully saturated rings. The minimum atomic E-state index is -3.75. The van der Waals surface area contributed by atoms with Gasteiger partial charge in [0.05, 0.1) is 11.4 Å². The lowest BCUT2D eigenvalue weighted by molar-refractivity contribution is -0.120. The quantitative estimate of drug-likeness (QED) is 0.789. The van der Waals surface area contributed by atoms with Crippen LogP contribution in [-0.4, -0.2) is 20.9 Å². The van der Waals surface area contributed by atoms with Gasteiger partial charge in [0.15, 0.2) is 0 Å². The molecule has 0 aliphatic carbocycles. The van der Waals surface area contributed by atoms with Crippen molar-refractivity contribution in [1.82, 2.24) is 10.0 Å². The van der Waals surface area contributed by atoms with Gasteiger partial charge in [-0.05, 0) is 34.7 Å². The number of nitrogens with one attached hydrogen (secondary N) is 2. The summed E-state index contributed by atoms with van der Waals surface area (Å²) < 4.78 is 26.9. The van der Waals surface area contributed by atoms with Crippen molar-refractivity contribution in [1.29, 1.82) is 0 Å². The SMILES string of the molecule is CC(C)(C)c1ccc(S(=O)(=O)NCC(=O)NCc2ccccc2Cl)cc1. The molecule has 7 heteroatoms. The first-order chi connectivity index (χ1) is 12.1. The molecule has 0 saturated carbocycles. The van der Waals surface area contributed by atoms with Crippen LogP contribution in [0.3, 0.4) is 0 Å². The number of halogens is 1. The highest BCUT2D eigenvalue weighted by molar-refractivity contribution is 7.89. The summed E-state index contributed by atoms with van der Waals surface area (Å²) in [4.78, 5) is 12.0. The molecule has 0 saturated heterocycles. The van der Waals surface area contributed by atoms with Gasteiger partial charge < -0.3 is 5.32 Å². The smallest absolute Gasteiger partial charge is 0.241 e. The molecule has 1 amide bonds. The van der Waals surface area contributed by atoms with E-state index in [9.17, 15) is 13.2 Å². The van der Waals surface area contributed by atoms with Crippen LogP contribution in [0.4, 0.5) is 0 Å². The highest BCUT2D eigenvalue weighted by Gasteiger charge is 2.18. The fourth-order valence-corrected chi connectivity index (χ4v) is 3.46. The van der Waals surface area contributed by atoms with Gasteiger partial charge in [-0.3, -0.25) is 4.79 Å². The van der Waals surface area contributed by atoms with Crippen molar-refractivity contribution in [3.63, 3.8) is 0 Å². The monoisotopic (exact) mass is 394 g/mol. The third-order valence-corrected chi connectivity index (χ3v) is 5.67. The average molecular weight is 395 g/mol. The molecular formula is C19H23ClN2O3S. The second-order valence-corrected chi connectivity index (χ2v) is 9.14. The summed E-state index contributed by atoms with van der Waals surface area (Å²) in [5.41, 5.74) is 1.74. The Kier molecular flexibility index (Phi) is 6.44. The maximum absolute atomic E-state index is 12.3. The van der Waals surface area contributed by atoms with Gasteiger partial charge >= 0.3 is 0 Å². The molecule has 5 nitrogen and oxygen atoms in total. The van der Waals surface area contributed by atoms with E-state index in [-0.39, 0.29) is 23.4 Å². The molecule has 2 N–H and O–H groups in total. The topological polar surface area (TPSA) is 75.3 Å². The third kappa shape index (κ3) is 5.56. The largest absolute Gasteiger partial charge is 0.351 e. The Morgan fingerprint density at radius 3 is 2.23 bits per heavy atom. The predicted octanol–water partition coefficient (Wildman–Crippen LogP) is 3.23. The lowest BCUT2D eigenvalue weighted by atomic mass is 9.87. The molecule has 0 aliphatic rings. The first kappa shape index (κ1) is 20.4. The van der Waals surface area contributed by atoms with Crippen molar-refractivity contribution in [3.8, 4) is 0 Å². The van der Waals surface area contributed by atoms with E-state index in [0.29, 0.717) is 5.02 Å². The zero-order valence-electron chi connectivity index (χ0n) is 15.0. The summed E-state index contributed by atoms with van der Waals surface area (Å²) in [5, 5.41) is 3.19. The molecule has 140 valence electrons. The van der Waals surface area contributed by atoms with E-state index in [1.807, 2.05) is 6.07 Å². The zero-order chi connectivity index (χ0) is 19.4. The Hall–Kier alpha value is -1.89. The number of rotatable bonds is 6. The van der Waals surface area contributed by atoms with E-state index in [2.05, 4.69) is 30.8 Å². The van der Waals surface area contributed by atoms with Crippen LogP contribution in [0.25, 0.3) is 0 Å². The standard InChI is InChI=1S/C19H23ClN2O3S/c1-19(2,3)15-8-10-16(11-9-15)26(24,25)22-13-18(23)21-12-14-6-4-5-7-17(14)20/h4-11,22H,12-13H2,1-3H3,(H,21,23). The summed E-state index contributed by atoms with van der Waals surface area (Å²) in [6.45, 7) is 6.06. The Morgan fingerprint density at radius 1 is 1.04 bits per heavy atom. The lowest BCUT2D eigenvalue weighted by Crippen LogP contribution is -2.36. The van der Waals surface area contributed by atoms with Crippen LogP contribution in [-0.2, 0) is 26.8 Å². The molecule has 2 rings (SSSR count). The van der Waals surface area contributed by atoms with Gasteiger partial charge in [0.1, 0.15) is 0 Å². The van der Waals surface area contributed by atoms with Gasteiger partial charge in [-0.15, -0.1) is 0 Å². The fourth-order valence-electron chi connectivity index (χ4n) is 2.28. The number of hydrogen-bond acceptors (Lipinski definition) is 3. The van der Waals surface area contributed by atoms with Gasteiger partial charge in [0.25, 0.3) is 0 Å². The Balaban J connectivity index is 1.93. The molecule has 0 spiro atoms. The summed E-state index contributed by atoms with van der Waals surface area (Å²) in [7, 11) is -3.75. The van der Waals surface area contributed by atoms with E-state index in [4.69, 9.17) is 11.6 Å². The minimum absolute atomic E-state index is 0.0612. The summed E-state index contributed by atoms with van der Waals surface area (Å²) in [6.07, 6.45) is 0. The Labute approximate surface area is 159 Å². The van der Waals surface area contributed by atoms with Gasteiger partial charge in [-0.2, -0.15) is 0 Å². The first-order valence-electron chi connectivity index (χ1n) is 8.20. The molecule has 0 aliphatic heterocycles. The molecule has 0 bridgehead atoms. The van der Waals surface area contributed by atoms with E-state index in [1.54, 1.807) is 42.5 Å². The summed E-state index contributed by atoms with van der Waals surface area (Å²) in [6, 6.07) is 13.8. The summed E-state index contributed by atoms with van der Waals surface area (Å²) in [5.74, 6) is -0.431. The lowest BCUT2D eigenvalue weighted by Gasteiger charge is -2.19. The molecule has 0 radical (unpaired) electrons. The van der Waals surface area contributed by atoms with Crippen LogP contribution in [0.15, 0.2) is 53.4 Å². The Bertz CT molecular complexity index is 872. The highest BCUT2D eigenvalue weighted by atomic mass is 35.5. The first-order valence-corrected chi connectivity index (χ1v) is 10.1. The third-order valence-electron chi connectivity index (χ3n) is 3.89. The van der Waals surface area contributed by atoms with Crippen molar-refractivity contribution in [2.75, 3.05) is 6.54 Å². The number of carbonyl (C=O) groups excluding carboxylic acids is 1. The van der Waals surface area contributed by atoms with Crippen molar-refractivity contribution in [2.45, 2.75) is 37.6 Å². The van der Waals surface area contributed by atoms with E-state index in [0.717, 1.165) is 11.1 Å².